The second-order valence-corrected chi connectivity index (χ2v) is 3.84. The van der Waals surface area contributed by atoms with Crippen LogP contribution in [0.3, 0.4) is 0 Å². The highest BCUT2D eigenvalue weighted by Gasteiger charge is 2.03. The Morgan fingerprint density at radius 1 is 1.56 bits per heavy atom. The molecule has 0 saturated heterocycles. The molecule has 5 nitrogen and oxygen atoms in total. The number of hydrogen-bond acceptors (Lipinski definition) is 4. The van der Waals surface area contributed by atoms with Gasteiger partial charge in [-0.05, 0) is 34.1 Å². The summed E-state index contributed by atoms with van der Waals surface area (Å²) >= 11 is 3.36. The number of oxime groups is 1. The highest BCUT2D eigenvalue weighted by Crippen LogP contribution is 2.29. The van der Waals surface area contributed by atoms with Crippen LogP contribution in [0, 0.1) is 0 Å². The number of nitrogens with zero attached hydrogens (tertiary/aromatic N) is 1. The first-order valence-corrected chi connectivity index (χ1v) is 5.39. The van der Waals surface area contributed by atoms with E-state index in [1.54, 1.807) is 25.3 Å². The average molecular weight is 289 g/mol. The largest absolute Gasteiger partial charge is 0.497 e. The molecular weight excluding hydrogens is 276 g/mol. The first-order chi connectivity index (χ1) is 7.67. The Hall–Kier alpha value is -1.43. The van der Waals surface area contributed by atoms with Crippen LogP contribution in [0.25, 0.3) is 0 Å². The molecular formula is C10H13BrN2O3. The second kappa shape index (κ2) is 6.22. The Morgan fingerprint density at radius 3 is 2.88 bits per heavy atom. The number of rotatable bonds is 5. The van der Waals surface area contributed by atoms with E-state index in [9.17, 15) is 0 Å². The van der Waals surface area contributed by atoms with E-state index in [1.807, 2.05) is 0 Å². The van der Waals surface area contributed by atoms with Crippen molar-refractivity contribution in [3.63, 3.8) is 0 Å². The smallest absolute Gasteiger partial charge is 0.142 e. The van der Waals surface area contributed by atoms with E-state index in [0.717, 1.165) is 10.2 Å². The zero-order valence-corrected chi connectivity index (χ0v) is 10.4. The summed E-state index contributed by atoms with van der Waals surface area (Å²) in [4.78, 5) is 0. The maximum atomic E-state index is 8.34. The number of ether oxygens (including phenoxy) is 2. The molecule has 0 spiro atoms. The van der Waals surface area contributed by atoms with Gasteiger partial charge in [0.1, 0.15) is 17.3 Å². The first kappa shape index (κ1) is 12.6. The van der Waals surface area contributed by atoms with Crippen molar-refractivity contribution in [3.8, 4) is 11.5 Å². The molecule has 3 N–H and O–H groups in total. The molecule has 0 heterocycles. The molecule has 6 heteroatoms. The third-order valence-electron chi connectivity index (χ3n) is 1.88. The summed E-state index contributed by atoms with van der Waals surface area (Å²) in [6, 6.07) is 5.39. The van der Waals surface area contributed by atoms with Crippen LogP contribution in [0.5, 0.6) is 11.5 Å². The van der Waals surface area contributed by atoms with Gasteiger partial charge in [0.25, 0.3) is 0 Å². The molecule has 0 aliphatic heterocycles. The van der Waals surface area contributed by atoms with Crippen molar-refractivity contribution in [1.29, 1.82) is 0 Å². The molecule has 0 atom stereocenters. The van der Waals surface area contributed by atoms with Crippen LogP contribution in [-0.4, -0.2) is 24.8 Å². The van der Waals surface area contributed by atoms with Crippen LogP contribution in [0.2, 0.25) is 0 Å². The maximum absolute atomic E-state index is 8.34. The maximum Gasteiger partial charge on any atom is 0.142 e. The van der Waals surface area contributed by atoms with Gasteiger partial charge in [-0.25, -0.2) is 0 Å². The third kappa shape index (κ3) is 3.62. The normalized spacial score (nSPS) is 11.2. The molecule has 88 valence electrons. The lowest BCUT2D eigenvalue weighted by Gasteiger charge is -2.08. The van der Waals surface area contributed by atoms with Crippen molar-refractivity contribution in [3.05, 3.63) is 22.7 Å². The summed E-state index contributed by atoms with van der Waals surface area (Å²) in [5, 5.41) is 11.2. The molecule has 0 aromatic heterocycles. The van der Waals surface area contributed by atoms with Crippen molar-refractivity contribution in [2.45, 2.75) is 6.42 Å². The number of nitrogens with two attached hydrogens (primary N) is 1. The van der Waals surface area contributed by atoms with Gasteiger partial charge in [0, 0.05) is 6.42 Å². The van der Waals surface area contributed by atoms with Crippen molar-refractivity contribution in [1.82, 2.24) is 0 Å². The molecule has 0 bridgehead atoms. The standard InChI is InChI=1S/C10H13BrN2O3/c1-15-7-2-3-9(8(11)6-7)16-5-4-10(12)13-14/h2-3,6,14H,4-5H2,1H3,(H2,12,13). The summed E-state index contributed by atoms with van der Waals surface area (Å²) < 4.78 is 11.3. The lowest BCUT2D eigenvalue weighted by molar-refractivity contribution is 0.304. The molecule has 0 aliphatic carbocycles. The predicted octanol–water partition coefficient (Wildman–Crippen LogP) is 1.97. The SMILES string of the molecule is COc1ccc(OCC/C(N)=N/O)c(Br)c1. The average Bonchev–Trinajstić information content (AvgIpc) is 2.30. The van der Waals surface area contributed by atoms with Crippen LogP contribution in [0.1, 0.15) is 6.42 Å². The number of halogens is 1. The van der Waals surface area contributed by atoms with E-state index < -0.39 is 0 Å². The molecule has 0 fully saturated rings. The van der Waals surface area contributed by atoms with Gasteiger partial charge in [-0.3, -0.25) is 0 Å². The molecule has 0 saturated carbocycles. The zero-order valence-electron chi connectivity index (χ0n) is 8.81. The minimum absolute atomic E-state index is 0.143. The highest BCUT2D eigenvalue weighted by atomic mass is 79.9. The molecule has 16 heavy (non-hydrogen) atoms. The van der Waals surface area contributed by atoms with Crippen molar-refractivity contribution in [2.75, 3.05) is 13.7 Å². The summed E-state index contributed by atoms with van der Waals surface area (Å²) in [7, 11) is 1.60. The van der Waals surface area contributed by atoms with Crippen LogP contribution in [0.15, 0.2) is 27.8 Å². The van der Waals surface area contributed by atoms with E-state index in [4.69, 9.17) is 20.4 Å². The molecule has 1 aromatic rings. The summed E-state index contributed by atoms with van der Waals surface area (Å²) in [6.45, 7) is 0.348. The van der Waals surface area contributed by atoms with Crippen molar-refractivity contribution < 1.29 is 14.7 Å². The minimum atomic E-state index is 0.143. The van der Waals surface area contributed by atoms with Gasteiger partial charge in [-0.2, -0.15) is 0 Å². The van der Waals surface area contributed by atoms with Gasteiger partial charge in [-0.15, -0.1) is 0 Å². The fourth-order valence-corrected chi connectivity index (χ4v) is 1.51. The molecule has 0 radical (unpaired) electrons. The third-order valence-corrected chi connectivity index (χ3v) is 2.50. The van der Waals surface area contributed by atoms with Gasteiger partial charge in [0.15, 0.2) is 0 Å². The Bertz CT molecular complexity index is 382. The van der Waals surface area contributed by atoms with E-state index in [-0.39, 0.29) is 5.84 Å². The molecule has 1 rings (SSSR count). The van der Waals surface area contributed by atoms with E-state index >= 15 is 0 Å². The lowest BCUT2D eigenvalue weighted by Crippen LogP contribution is -2.15. The Morgan fingerprint density at radius 2 is 2.31 bits per heavy atom. The second-order valence-electron chi connectivity index (χ2n) is 2.99. The molecule has 1 aromatic carbocycles. The van der Waals surface area contributed by atoms with Crippen LogP contribution < -0.4 is 15.2 Å². The Labute approximate surface area is 102 Å². The lowest BCUT2D eigenvalue weighted by atomic mass is 10.3. The van der Waals surface area contributed by atoms with Crippen molar-refractivity contribution in [2.24, 2.45) is 10.9 Å². The summed E-state index contributed by atoms with van der Waals surface area (Å²) in [5.74, 6) is 1.58. The quantitative estimate of drug-likeness (QED) is 0.376. The van der Waals surface area contributed by atoms with Crippen LogP contribution in [-0.2, 0) is 0 Å². The van der Waals surface area contributed by atoms with E-state index in [1.165, 1.54) is 0 Å². The van der Waals surface area contributed by atoms with Gasteiger partial charge in [-0.1, -0.05) is 5.16 Å². The fourth-order valence-electron chi connectivity index (χ4n) is 1.04. The fraction of sp³-hybridized carbons (Fsp3) is 0.300. The van der Waals surface area contributed by atoms with Gasteiger partial charge in [0.05, 0.1) is 18.2 Å². The molecule has 0 unspecified atom stereocenters. The number of hydrogen-bond donors (Lipinski definition) is 2. The van der Waals surface area contributed by atoms with E-state index in [0.29, 0.717) is 18.8 Å². The predicted molar refractivity (Wildman–Crippen MR) is 64.2 cm³/mol. The minimum Gasteiger partial charge on any atom is -0.497 e. The summed E-state index contributed by atoms with van der Waals surface area (Å²) in [6.07, 6.45) is 0.370. The Kier molecular flexibility index (Phi) is 4.91. The number of methoxy groups -OCH3 is 1. The van der Waals surface area contributed by atoms with Gasteiger partial charge in [0.2, 0.25) is 0 Å². The van der Waals surface area contributed by atoms with Crippen LogP contribution >= 0.6 is 15.9 Å². The summed E-state index contributed by atoms with van der Waals surface area (Å²) in [5.41, 5.74) is 5.31. The molecule has 0 aliphatic rings. The number of amidine groups is 1. The monoisotopic (exact) mass is 288 g/mol. The van der Waals surface area contributed by atoms with Crippen molar-refractivity contribution >= 4 is 21.8 Å². The van der Waals surface area contributed by atoms with Crippen LogP contribution in [0.4, 0.5) is 0 Å². The number of benzene rings is 1. The van der Waals surface area contributed by atoms with Gasteiger partial charge >= 0.3 is 0 Å². The highest BCUT2D eigenvalue weighted by molar-refractivity contribution is 9.10. The zero-order chi connectivity index (χ0) is 12.0. The Balaban J connectivity index is 2.54. The molecule has 0 amide bonds. The first-order valence-electron chi connectivity index (χ1n) is 4.60. The van der Waals surface area contributed by atoms with Gasteiger partial charge < -0.3 is 20.4 Å². The van der Waals surface area contributed by atoms with E-state index in [2.05, 4.69) is 21.1 Å². The topological polar surface area (TPSA) is 77.1 Å².